The van der Waals surface area contributed by atoms with Gasteiger partial charge in [-0.3, -0.25) is 0 Å². The lowest BCUT2D eigenvalue weighted by atomic mass is 10.5. The summed E-state index contributed by atoms with van der Waals surface area (Å²) in [4.78, 5) is 1.02. The van der Waals surface area contributed by atoms with Crippen molar-refractivity contribution >= 4 is 23.1 Å². The number of aromatic nitrogens is 2. The molecule has 2 aromatic rings. The predicted molar refractivity (Wildman–Crippen MR) is 54.0 cm³/mol. The van der Waals surface area contributed by atoms with Crippen molar-refractivity contribution in [3.8, 4) is 10.8 Å². The summed E-state index contributed by atoms with van der Waals surface area (Å²) in [5.74, 6) is 1.57. The minimum atomic E-state index is 0.617. The van der Waals surface area contributed by atoms with Gasteiger partial charge in [0.15, 0.2) is 0 Å². The van der Waals surface area contributed by atoms with Crippen molar-refractivity contribution in [2.75, 3.05) is 5.75 Å². The first-order chi connectivity index (χ1) is 6.40. The fraction of sp³-hybridized carbons (Fsp3) is 0.250. The number of rotatable bonds is 3. The Hall–Kier alpha value is -0.810. The monoisotopic (exact) mass is 212 g/mol. The van der Waals surface area contributed by atoms with Gasteiger partial charge in [-0.15, -0.1) is 21.5 Å². The number of hydrogen-bond donors (Lipinski definition) is 0. The van der Waals surface area contributed by atoms with Crippen LogP contribution in [0.25, 0.3) is 10.8 Å². The predicted octanol–water partition coefficient (Wildman–Crippen LogP) is 2.91. The van der Waals surface area contributed by atoms with Gasteiger partial charge in [-0.2, -0.15) is 0 Å². The van der Waals surface area contributed by atoms with Crippen LogP contribution in [0.1, 0.15) is 6.92 Å². The van der Waals surface area contributed by atoms with Crippen molar-refractivity contribution < 1.29 is 4.42 Å². The Kier molecular flexibility index (Phi) is 2.65. The van der Waals surface area contributed by atoms with Gasteiger partial charge in [-0.1, -0.05) is 24.8 Å². The molecule has 0 saturated carbocycles. The van der Waals surface area contributed by atoms with Gasteiger partial charge in [0.25, 0.3) is 11.1 Å². The van der Waals surface area contributed by atoms with E-state index in [1.807, 2.05) is 17.5 Å². The lowest BCUT2D eigenvalue weighted by Gasteiger charge is -1.86. The van der Waals surface area contributed by atoms with Crippen LogP contribution < -0.4 is 0 Å². The lowest BCUT2D eigenvalue weighted by molar-refractivity contribution is 0.467. The van der Waals surface area contributed by atoms with E-state index in [2.05, 4.69) is 17.1 Å². The molecule has 2 rings (SSSR count). The summed E-state index contributed by atoms with van der Waals surface area (Å²) < 4.78 is 5.42. The number of thiophene rings is 1. The Bertz CT molecular complexity index is 369. The van der Waals surface area contributed by atoms with Crippen molar-refractivity contribution in [3.05, 3.63) is 17.5 Å². The zero-order valence-corrected chi connectivity index (χ0v) is 8.69. The van der Waals surface area contributed by atoms with Gasteiger partial charge < -0.3 is 4.42 Å². The van der Waals surface area contributed by atoms with Gasteiger partial charge in [-0.25, -0.2) is 0 Å². The van der Waals surface area contributed by atoms with Crippen LogP contribution in [0.15, 0.2) is 27.2 Å². The molecule has 0 fully saturated rings. The molecule has 0 amide bonds. The van der Waals surface area contributed by atoms with Crippen molar-refractivity contribution in [1.29, 1.82) is 0 Å². The van der Waals surface area contributed by atoms with Gasteiger partial charge in [0.05, 0.1) is 4.88 Å². The maximum Gasteiger partial charge on any atom is 0.276 e. The standard InChI is InChI=1S/C8H8N2OS2/c1-2-12-8-10-9-7(11-8)6-4-3-5-13-6/h3-5H,2H2,1H3. The molecule has 0 aliphatic carbocycles. The van der Waals surface area contributed by atoms with E-state index in [-0.39, 0.29) is 0 Å². The maximum atomic E-state index is 5.42. The topological polar surface area (TPSA) is 38.9 Å². The Morgan fingerprint density at radius 3 is 3.15 bits per heavy atom. The van der Waals surface area contributed by atoms with E-state index in [1.165, 1.54) is 0 Å². The third-order valence-corrected chi connectivity index (χ3v) is 2.96. The van der Waals surface area contributed by atoms with E-state index in [0.717, 1.165) is 10.6 Å². The van der Waals surface area contributed by atoms with Crippen LogP contribution in [0.2, 0.25) is 0 Å². The maximum absolute atomic E-state index is 5.42. The zero-order chi connectivity index (χ0) is 9.10. The van der Waals surface area contributed by atoms with Crippen molar-refractivity contribution in [3.63, 3.8) is 0 Å². The van der Waals surface area contributed by atoms with Crippen LogP contribution in [0, 0.1) is 0 Å². The molecule has 0 bridgehead atoms. The van der Waals surface area contributed by atoms with Gasteiger partial charge in [0, 0.05) is 0 Å². The summed E-state index contributed by atoms with van der Waals surface area (Å²) in [7, 11) is 0. The molecular formula is C8H8N2OS2. The van der Waals surface area contributed by atoms with Crippen LogP contribution in [0.3, 0.4) is 0 Å². The summed E-state index contributed by atoms with van der Waals surface area (Å²) in [6, 6.07) is 3.94. The van der Waals surface area contributed by atoms with Crippen LogP contribution in [0.5, 0.6) is 0 Å². The van der Waals surface area contributed by atoms with Crippen LogP contribution in [-0.4, -0.2) is 16.0 Å². The first-order valence-electron chi connectivity index (χ1n) is 3.90. The average Bonchev–Trinajstić information content (AvgIpc) is 2.70. The van der Waals surface area contributed by atoms with E-state index in [9.17, 15) is 0 Å². The van der Waals surface area contributed by atoms with Crippen LogP contribution >= 0.6 is 23.1 Å². The molecule has 0 radical (unpaired) electrons. The van der Waals surface area contributed by atoms with Gasteiger partial charge >= 0.3 is 0 Å². The largest absolute Gasteiger partial charge is 0.410 e. The SMILES string of the molecule is CCSc1nnc(-c2cccs2)o1. The molecule has 2 heterocycles. The van der Waals surface area contributed by atoms with Crippen LogP contribution in [-0.2, 0) is 0 Å². The number of nitrogens with zero attached hydrogens (tertiary/aromatic N) is 2. The highest BCUT2D eigenvalue weighted by atomic mass is 32.2. The first-order valence-corrected chi connectivity index (χ1v) is 5.77. The fourth-order valence-corrected chi connectivity index (χ4v) is 2.02. The molecule has 0 spiro atoms. The molecule has 0 saturated heterocycles. The number of thioether (sulfide) groups is 1. The summed E-state index contributed by atoms with van der Waals surface area (Å²) in [6.07, 6.45) is 0. The molecule has 3 nitrogen and oxygen atoms in total. The Labute approximate surface area is 84.2 Å². The zero-order valence-electron chi connectivity index (χ0n) is 7.06. The summed E-state index contributed by atoms with van der Waals surface area (Å²) in [5, 5.41) is 10.5. The van der Waals surface area contributed by atoms with Gasteiger partial charge in [0.1, 0.15) is 0 Å². The molecule has 0 N–H and O–H groups in total. The normalized spacial score (nSPS) is 10.5. The Morgan fingerprint density at radius 1 is 1.54 bits per heavy atom. The van der Waals surface area contributed by atoms with Gasteiger partial charge in [0.2, 0.25) is 0 Å². The molecule has 0 aliphatic heterocycles. The molecular weight excluding hydrogens is 204 g/mol. The fourth-order valence-electron chi connectivity index (χ4n) is 0.891. The average molecular weight is 212 g/mol. The molecule has 0 aromatic carbocycles. The van der Waals surface area contributed by atoms with E-state index < -0.39 is 0 Å². The minimum absolute atomic E-state index is 0.617. The van der Waals surface area contributed by atoms with Crippen molar-refractivity contribution in [2.24, 2.45) is 0 Å². The highest BCUT2D eigenvalue weighted by Crippen LogP contribution is 2.25. The minimum Gasteiger partial charge on any atom is -0.410 e. The molecule has 2 aromatic heterocycles. The third-order valence-electron chi connectivity index (χ3n) is 1.41. The summed E-state index contributed by atoms with van der Waals surface area (Å²) in [6.45, 7) is 2.06. The van der Waals surface area contributed by atoms with Crippen molar-refractivity contribution in [1.82, 2.24) is 10.2 Å². The van der Waals surface area contributed by atoms with E-state index in [0.29, 0.717) is 11.1 Å². The molecule has 13 heavy (non-hydrogen) atoms. The lowest BCUT2D eigenvalue weighted by Crippen LogP contribution is -1.71. The van der Waals surface area contributed by atoms with E-state index in [1.54, 1.807) is 23.1 Å². The number of hydrogen-bond acceptors (Lipinski definition) is 5. The highest BCUT2D eigenvalue weighted by molar-refractivity contribution is 7.99. The second-order valence-electron chi connectivity index (χ2n) is 2.28. The molecule has 5 heteroatoms. The molecule has 0 aliphatic rings. The summed E-state index contributed by atoms with van der Waals surface area (Å²) >= 11 is 3.16. The second-order valence-corrected chi connectivity index (χ2v) is 4.45. The van der Waals surface area contributed by atoms with E-state index >= 15 is 0 Å². The first kappa shape index (κ1) is 8.77. The Balaban J connectivity index is 2.23. The van der Waals surface area contributed by atoms with Crippen molar-refractivity contribution in [2.45, 2.75) is 12.1 Å². The quantitative estimate of drug-likeness (QED) is 0.733. The highest BCUT2D eigenvalue weighted by Gasteiger charge is 2.08. The van der Waals surface area contributed by atoms with Gasteiger partial charge in [-0.05, 0) is 17.2 Å². The third kappa shape index (κ3) is 1.92. The van der Waals surface area contributed by atoms with E-state index in [4.69, 9.17) is 4.42 Å². The Morgan fingerprint density at radius 2 is 2.46 bits per heavy atom. The molecule has 0 atom stereocenters. The molecule has 0 unspecified atom stereocenters. The summed E-state index contributed by atoms with van der Waals surface area (Å²) in [5.41, 5.74) is 0. The van der Waals surface area contributed by atoms with Crippen LogP contribution in [0.4, 0.5) is 0 Å². The smallest absolute Gasteiger partial charge is 0.276 e. The second kappa shape index (κ2) is 3.93. The molecule has 68 valence electrons.